The number of benzene rings is 2. The molecule has 1 unspecified atom stereocenters. The molecule has 7 heteroatoms. The van der Waals surface area contributed by atoms with E-state index in [0.717, 1.165) is 16.9 Å². The minimum Gasteiger partial charge on any atom is -0.325 e. The Morgan fingerprint density at radius 3 is 2.58 bits per heavy atom. The van der Waals surface area contributed by atoms with Crippen molar-refractivity contribution in [2.75, 3.05) is 5.32 Å². The van der Waals surface area contributed by atoms with E-state index in [9.17, 15) is 9.18 Å². The first-order chi connectivity index (χ1) is 14.7. The predicted molar refractivity (Wildman–Crippen MR) is 121 cm³/mol. The van der Waals surface area contributed by atoms with Crippen molar-refractivity contribution >= 4 is 23.2 Å². The molecule has 1 amide bonds. The van der Waals surface area contributed by atoms with Gasteiger partial charge in [0, 0.05) is 23.8 Å². The lowest BCUT2D eigenvalue weighted by Crippen LogP contribution is -2.36. The van der Waals surface area contributed by atoms with Crippen molar-refractivity contribution in [1.29, 1.82) is 0 Å². The third-order valence-electron chi connectivity index (χ3n) is 5.61. The van der Waals surface area contributed by atoms with E-state index >= 15 is 0 Å². The Morgan fingerprint density at radius 2 is 1.94 bits per heavy atom. The number of rotatable bonds is 4. The van der Waals surface area contributed by atoms with Crippen LogP contribution in [0.1, 0.15) is 50.4 Å². The van der Waals surface area contributed by atoms with Crippen LogP contribution in [0.15, 0.2) is 60.8 Å². The van der Waals surface area contributed by atoms with Crippen molar-refractivity contribution in [3.05, 3.63) is 82.9 Å². The summed E-state index contributed by atoms with van der Waals surface area (Å²) in [5.74, 6) is -0.684. The molecular weight excluding hydrogens is 415 g/mol. The summed E-state index contributed by atoms with van der Waals surface area (Å²) in [6.45, 7) is 6.25. The van der Waals surface area contributed by atoms with Gasteiger partial charge in [0.05, 0.1) is 22.3 Å². The molecule has 31 heavy (non-hydrogen) atoms. The second-order valence-electron chi connectivity index (χ2n) is 8.92. The Morgan fingerprint density at radius 1 is 1.19 bits per heavy atom. The highest BCUT2D eigenvalue weighted by atomic mass is 35.5. The van der Waals surface area contributed by atoms with Crippen LogP contribution < -0.4 is 10.6 Å². The van der Waals surface area contributed by atoms with Gasteiger partial charge in [-0.2, -0.15) is 5.10 Å². The van der Waals surface area contributed by atoms with Gasteiger partial charge in [-0.25, -0.2) is 4.39 Å². The number of nitrogens with one attached hydrogen (secondary N) is 2. The van der Waals surface area contributed by atoms with E-state index in [0.29, 0.717) is 6.42 Å². The molecule has 5 nitrogen and oxygen atoms in total. The number of hydrogen-bond donors (Lipinski definition) is 2. The molecule has 2 heterocycles. The van der Waals surface area contributed by atoms with Crippen LogP contribution in [0.2, 0.25) is 5.02 Å². The van der Waals surface area contributed by atoms with E-state index in [2.05, 4.69) is 31.4 Å². The molecular formula is C24H26ClFN4O. The van der Waals surface area contributed by atoms with Crippen molar-refractivity contribution in [2.24, 2.45) is 0 Å². The summed E-state index contributed by atoms with van der Waals surface area (Å²) in [4.78, 5) is 13.0. The van der Waals surface area contributed by atoms with Crippen LogP contribution in [-0.2, 0) is 10.3 Å². The Bertz CT molecular complexity index is 1080. The van der Waals surface area contributed by atoms with Crippen molar-refractivity contribution in [3.8, 4) is 0 Å². The second-order valence-corrected chi connectivity index (χ2v) is 9.33. The average molecular weight is 441 g/mol. The molecule has 1 aromatic heterocycles. The normalized spacial score (nSPS) is 21.3. The van der Waals surface area contributed by atoms with Crippen LogP contribution in [0.3, 0.4) is 0 Å². The van der Waals surface area contributed by atoms with E-state index in [1.807, 2.05) is 47.3 Å². The molecule has 0 aliphatic carbocycles. The quantitative estimate of drug-likeness (QED) is 0.582. The van der Waals surface area contributed by atoms with Crippen LogP contribution in [0.4, 0.5) is 10.1 Å². The zero-order valence-corrected chi connectivity index (χ0v) is 18.5. The van der Waals surface area contributed by atoms with Gasteiger partial charge in [0.25, 0.3) is 0 Å². The summed E-state index contributed by atoms with van der Waals surface area (Å²) in [5.41, 5.74) is 2.20. The summed E-state index contributed by atoms with van der Waals surface area (Å²) < 4.78 is 16.1. The largest absolute Gasteiger partial charge is 0.325 e. The van der Waals surface area contributed by atoms with E-state index in [-0.39, 0.29) is 28.4 Å². The minimum atomic E-state index is -0.475. The third kappa shape index (κ3) is 4.65. The maximum atomic E-state index is 14.2. The Hall–Kier alpha value is -2.70. The van der Waals surface area contributed by atoms with Crippen molar-refractivity contribution in [2.45, 2.75) is 50.7 Å². The fourth-order valence-corrected chi connectivity index (χ4v) is 4.08. The van der Waals surface area contributed by atoms with Crippen molar-refractivity contribution in [1.82, 2.24) is 15.1 Å². The van der Waals surface area contributed by atoms with E-state index < -0.39 is 11.9 Å². The van der Waals surface area contributed by atoms with E-state index in [1.54, 1.807) is 12.1 Å². The number of hydrogen-bond acceptors (Lipinski definition) is 3. The Labute approximate surface area is 186 Å². The molecule has 2 aromatic carbocycles. The second kappa shape index (κ2) is 8.44. The molecule has 1 aliphatic rings. The molecule has 3 atom stereocenters. The van der Waals surface area contributed by atoms with Crippen molar-refractivity contribution < 1.29 is 9.18 Å². The monoisotopic (exact) mass is 440 g/mol. The molecule has 1 aliphatic heterocycles. The molecule has 3 aromatic rings. The summed E-state index contributed by atoms with van der Waals surface area (Å²) in [6, 6.07) is 15.4. The molecule has 0 saturated carbocycles. The molecule has 162 valence electrons. The molecule has 1 saturated heterocycles. The van der Waals surface area contributed by atoms with Crippen molar-refractivity contribution in [3.63, 3.8) is 0 Å². The number of carbonyl (C=O) groups is 1. The SMILES string of the molecule is CC(C)(C)n1ccc(C2C[C@@H](C(=O)Nc3ccccc3)N[C@H]2c2ccc(Cl)c(F)c2)n1. The average Bonchev–Trinajstić information content (AvgIpc) is 3.38. The highest BCUT2D eigenvalue weighted by molar-refractivity contribution is 6.30. The topological polar surface area (TPSA) is 59.0 Å². The highest BCUT2D eigenvalue weighted by Gasteiger charge is 2.40. The van der Waals surface area contributed by atoms with Crippen LogP contribution in [-0.4, -0.2) is 21.7 Å². The number of anilines is 1. The van der Waals surface area contributed by atoms with Gasteiger partial charge in [-0.1, -0.05) is 35.9 Å². The van der Waals surface area contributed by atoms with E-state index in [1.165, 1.54) is 6.07 Å². The first-order valence-corrected chi connectivity index (χ1v) is 10.7. The van der Waals surface area contributed by atoms with Gasteiger partial charge >= 0.3 is 0 Å². The summed E-state index contributed by atoms with van der Waals surface area (Å²) in [6.07, 6.45) is 2.50. The lowest BCUT2D eigenvalue weighted by atomic mass is 9.90. The number of amides is 1. The van der Waals surface area contributed by atoms with Gasteiger partial charge in [-0.15, -0.1) is 0 Å². The molecule has 2 N–H and O–H groups in total. The van der Waals surface area contributed by atoms with Gasteiger partial charge < -0.3 is 5.32 Å². The number of nitrogens with zero attached hydrogens (tertiary/aromatic N) is 2. The van der Waals surface area contributed by atoms with Gasteiger partial charge in [-0.3, -0.25) is 14.8 Å². The third-order valence-corrected chi connectivity index (χ3v) is 5.92. The van der Waals surface area contributed by atoms with Crippen LogP contribution in [0.5, 0.6) is 0 Å². The standard InChI is InChI=1S/C24H26ClFN4O/c1-24(2,3)30-12-11-20(29-30)17-14-21(23(31)27-16-7-5-4-6-8-16)28-22(17)15-9-10-18(25)19(26)13-15/h4-13,17,21-22,28H,14H2,1-3H3,(H,27,31)/t17?,21-,22-/m0/s1. The Kier molecular flexibility index (Phi) is 5.86. The van der Waals surface area contributed by atoms with Gasteiger partial charge in [0.1, 0.15) is 5.82 Å². The highest BCUT2D eigenvalue weighted by Crippen LogP contribution is 2.41. The number of halogens is 2. The first-order valence-electron chi connectivity index (χ1n) is 10.4. The summed E-state index contributed by atoms with van der Waals surface area (Å²) >= 11 is 5.89. The molecule has 0 radical (unpaired) electrons. The Balaban J connectivity index is 1.63. The smallest absolute Gasteiger partial charge is 0.241 e. The maximum Gasteiger partial charge on any atom is 0.241 e. The van der Waals surface area contributed by atoms with Gasteiger partial charge in [0.2, 0.25) is 5.91 Å². The molecule has 1 fully saturated rings. The zero-order chi connectivity index (χ0) is 22.2. The summed E-state index contributed by atoms with van der Waals surface area (Å²) in [7, 11) is 0. The lowest BCUT2D eigenvalue weighted by Gasteiger charge is -2.21. The van der Waals surface area contributed by atoms with Crippen LogP contribution in [0, 0.1) is 5.82 Å². The van der Waals surface area contributed by atoms with E-state index in [4.69, 9.17) is 16.7 Å². The molecule has 0 bridgehead atoms. The lowest BCUT2D eigenvalue weighted by molar-refractivity contribution is -0.117. The number of carbonyl (C=O) groups excluding carboxylic acids is 1. The minimum absolute atomic E-state index is 0.0775. The molecule has 4 rings (SSSR count). The van der Waals surface area contributed by atoms with Gasteiger partial charge in [-0.05, 0) is 63.1 Å². The first kappa shape index (κ1) is 21.5. The van der Waals surface area contributed by atoms with Crippen LogP contribution >= 0.6 is 11.6 Å². The fraction of sp³-hybridized carbons (Fsp3) is 0.333. The van der Waals surface area contributed by atoms with Crippen LogP contribution in [0.25, 0.3) is 0 Å². The van der Waals surface area contributed by atoms with Gasteiger partial charge in [0.15, 0.2) is 0 Å². The molecule has 0 spiro atoms. The fourth-order valence-electron chi connectivity index (χ4n) is 3.96. The predicted octanol–water partition coefficient (Wildman–Crippen LogP) is 5.26. The zero-order valence-electron chi connectivity index (χ0n) is 17.8. The summed E-state index contributed by atoms with van der Waals surface area (Å²) in [5, 5.41) is 11.2. The number of aromatic nitrogens is 2. The maximum absolute atomic E-state index is 14.2. The number of para-hydroxylation sites is 1.